The zero-order valence-corrected chi connectivity index (χ0v) is 13.3. The first-order valence-corrected chi connectivity index (χ1v) is 7.80. The van der Waals surface area contributed by atoms with Gasteiger partial charge in [0.2, 0.25) is 0 Å². The van der Waals surface area contributed by atoms with Crippen LogP contribution in [0.25, 0.3) is 11.3 Å². The molecule has 6 heteroatoms. The zero-order valence-electron chi connectivity index (χ0n) is 11.7. The number of thiazole rings is 1. The average molecular weight is 326 g/mol. The third-order valence-corrected chi connectivity index (χ3v) is 4.46. The third-order valence-electron chi connectivity index (χ3n) is 3.61. The second-order valence-corrected chi connectivity index (χ2v) is 6.05. The molecule has 21 heavy (non-hydrogen) atoms. The van der Waals surface area contributed by atoms with Crippen LogP contribution in [0.1, 0.15) is 5.01 Å². The van der Waals surface area contributed by atoms with Crippen LogP contribution in [-0.4, -0.2) is 35.8 Å². The van der Waals surface area contributed by atoms with Gasteiger partial charge in [0.05, 0.1) is 11.8 Å². The maximum atomic E-state index is 9.72. The van der Waals surface area contributed by atoms with Crippen molar-refractivity contribution < 1.29 is 5.11 Å². The standard InChI is InChI=1S/C15H19N3OS.ClH/c19-14-8-16-6-12(14)7-17-9-15-18-13(10-20-15)11-4-2-1-3-5-11;/h1-5,10,12,14,16-17,19H,6-9H2;1H. The van der Waals surface area contributed by atoms with Gasteiger partial charge in [-0.1, -0.05) is 30.3 Å². The predicted molar refractivity (Wildman–Crippen MR) is 88.9 cm³/mol. The summed E-state index contributed by atoms with van der Waals surface area (Å²) in [5.41, 5.74) is 2.19. The van der Waals surface area contributed by atoms with E-state index in [-0.39, 0.29) is 18.5 Å². The van der Waals surface area contributed by atoms with Crippen molar-refractivity contribution in [1.29, 1.82) is 0 Å². The lowest BCUT2D eigenvalue weighted by Crippen LogP contribution is -2.30. The molecule has 0 aliphatic carbocycles. The molecule has 0 bridgehead atoms. The van der Waals surface area contributed by atoms with E-state index in [4.69, 9.17) is 0 Å². The van der Waals surface area contributed by atoms with Gasteiger partial charge in [-0.3, -0.25) is 0 Å². The van der Waals surface area contributed by atoms with Crippen LogP contribution in [0.5, 0.6) is 0 Å². The van der Waals surface area contributed by atoms with Gasteiger partial charge in [-0.2, -0.15) is 0 Å². The molecule has 114 valence electrons. The number of hydrogen-bond donors (Lipinski definition) is 3. The SMILES string of the molecule is Cl.OC1CNCC1CNCc1nc(-c2ccccc2)cs1. The molecule has 1 fully saturated rings. The lowest BCUT2D eigenvalue weighted by molar-refractivity contribution is 0.146. The Morgan fingerprint density at radius 1 is 1.29 bits per heavy atom. The van der Waals surface area contributed by atoms with E-state index in [1.807, 2.05) is 18.2 Å². The van der Waals surface area contributed by atoms with Crippen molar-refractivity contribution in [3.05, 3.63) is 40.7 Å². The fourth-order valence-corrected chi connectivity index (χ4v) is 3.20. The molecule has 1 saturated heterocycles. The van der Waals surface area contributed by atoms with E-state index >= 15 is 0 Å². The van der Waals surface area contributed by atoms with Crippen molar-refractivity contribution in [1.82, 2.24) is 15.6 Å². The van der Waals surface area contributed by atoms with Crippen molar-refractivity contribution in [3.63, 3.8) is 0 Å². The molecule has 0 saturated carbocycles. The molecule has 1 aliphatic rings. The Hall–Kier alpha value is -0.980. The number of aliphatic hydroxyl groups is 1. The van der Waals surface area contributed by atoms with Crippen LogP contribution in [-0.2, 0) is 6.54 Å². The highest BCUT2D eigenvalue weighted by atomic mass is 35.5. The van der Waals surface area contributed by atoms with Crippen molar-refractivity contribution in [3.8, 4) is 11.3 Å². The van der Waals surface area contributed by atoms with Crippen LogP contribution in [0.15, 0.2) is 35.7 Å². The number of β-amino-alcohol motifs (C(OH)–C–C–N with tert-alkyl or cyclic N) is 1. The number of aliphatic hydroxyl groups excluding tert-OH is 1. The monoisotopic (exact) mass is 325 g/mol. The highest BCUT2D eigenvalue weighted by Gasteiger charge is 2.24. The summed E-state index contributed by atoms with van der Waals surface area (Å²) >= 11 is 1.68. The summed E-state index contributed by atoms with van der Waals surface area (Å²) in [4.78, 5) is 4.64. The molecule has 2 heterocycles. The van der Waals surface area contributed by atoms with Crippen LogP contribution in [0.2, 0.25) is 0 Å². The molecular formula is C15H20ClN3OS. The minimum Gasteiger partial charge on any atom is -0.391 e. The van der Waals surface area contributed by atoms with Crippen molar-refractivity contribution in [2.45, 2.75) is 12.6 Å². The van der Waals surface area contributed by atoms with Crippen LogP contribution in [0.4, 0.5) is 0 Å². The Morgan fingerprint density at radius 3 is 2.81 bits per heavy atom. The predicted octanol–water partition coefficient (Wildman–Crippen LogP) is 1.90. The minimum atomic E-state index is -0.223. The van der Waals surface area contributed by atoms with Gasteiger partial charge in [-0.15, -0.1) is 23.7 Å². The smallest absolute Gasteiger partial charge is 0.107 e. The van der Waals surface area contributed by atoms with Crippen LogP contribution < -0.4 is 10.6 Å². The summed E-state index contributed by atoms with van der Waals surface area (Å²) in [6.45, 7) is 3.19. The molecule has 2 aromatic rings. The number of nitrogens with zero attached hydrogens (tertiary/aromatic N) is 1. The van der Waals surface area contributed by atoms with Gasteiger partial charge in [0.25, 0.3) is 0 Å². The molecule has 2 atom stereocenters. The first kappa shape index (κ1) is 16.4. The molecule has 1 aliphatic heterocycles. The van der Waals surface area contributed by atoms with Gasteiger partial charge in [-0.25, -0.2) is 4.98 Å². The van der Waals surface area contributed by atoms with Gasteiger partial charge in [-0.05, 0) is 0 Å². The van der Waals surface area contributed by atoms with Crippen LogP contribution in [0, 0.1) is 5.92 Å². The van der Waals surface area contributed by atoms with Gasteiger partial charge in [0.15, 0.2) is 0 Å². The summed E-state index contributed by atoms with van der Waals surface area (Å²) < 4.78 is 0. The lowest BCUT2D eigenvalue weighted by Gasteiger charge is -2.13. The number of benzene rings is 1. The quantitative estimate of drug-likeness (QED) is 0.786. The molecule has 3 N–H and O–H groups in total. The lowest BCUT2D eigenvalue weighted by atomic mass is 10.1. The fraction of sp³-hybridized carbons (Fsp3) is 0.400. The minimum absolute atomic E-state index is 0. The Morgan fingerprint density at radius 2 is 2.10 bits per heavy atom. The number of nitrogens with one attached hydrogen (secondary N) is 2. The zero-order chi connectivity index (χ0) is 13.8. The maximum absolute atomic E-state index is 9.72. The number of halogens is 1. The summed E-state index contributed by atoms with van der Waals surface area (Å²) in [5, 5.41) is 19.5. The molecule has 0 amide bonds. The van der Waals surface area contributed by atoms with E-state index in [2.05, 4.69) is 33.1 Å². The third kappa shape index (κ3) is 4.25. The molecular weight excluding hydrogens is 306 g/mol. The van der Waals surface area contributed by atoms with E-state index in [9.17, 15) is 5.11 Å². The molecule has 3 rings (SSSR count). The summed E-state index contributed by atoms with van der Waals surface area (Å²) in [5.74, 6) is 0.309. The number of hydrogen-bond acceptors (Lipinski definition) is 5. The van der Waals surface area contributed by atoms with E-state index in [0.717, 1.165) is 35.9 Å². The Bertz CT molecular complexity index is 549. The Labute approximate surface area is 135 Å². The second-order valence-electron chi connectivity index (χ2n) is 5.11. The topological polar surface area (TPSA) is 57.2 Å². The molecule has 1 aromatic carbocycles. The Balaban J connectivity index is 0.00000161. The van der Waals surface area contributed by atoms with E-state index in [0.29, 0.717) is 12.5 Å². The largest absolute Gasteiger partial charge is 0.391 e. The highest BCUT2D eigenvalue weighted by molar-refractivity contribution is 7.09. The normalized spacial score (nSPS) is 21.2. The molecule has 1 aromatic heterocycles. The van der Waals surface area contributed by atoms with E-state index in [1.165, 1.54) is 0 Å². The van der Waals surface area contributed by atoms with Crippen LogP contribution >= 0.6 is 23.7 Å². The van der Waals surface area contributed by atoms with Crippen molar-refractivity contribution in [2.75, 3.05) is 19.6 Å². The number of rotatable bonds is 5. The van der Waals surface area contributed by atoms with Gasteiger partial charge in [0, 0.05) is 43.0 Å². The molecule has 0 spiro atoms. The van der Waals surface area contributed by atoms with E-state index < -0.39 is 0 Å². The molecule has 4 nitrogen and oxygen atoms in total. The summed E-state index contributed by atoms with van der Waals surface area (Å²) in [6, 6.07) is 10.2. The average Bonchev–Trinajstić information content (AvgIpc) is 3.10. The first-order chi connectivity index (χ1) is 9.83. The fourth-order valence-electron chi connectivity index (χ4n) is 2.43. The summed E-state index contributed by atoms with van der Waals surface area (Å²) in [6.07, 6.45) is -0.223. The van der Waals surface area contributed by atoms with Crippen molar-refractivity contribution in [2.24, 2.45) is 5.92 Å². The summed E-state index contributed by atoms with van der Waals surface area (Å²) in [7, 11) is 0. The van der Waals surface area contributed by atoms with Gasteiger partial charge in [0.1, 0.15) is 5.01 Å². The maximum Gasteiger partial charge on any atom is 0.107 e. The Kier molecular flexibility index (Phi) is 6.14. The van der Waals surface area contributed by atoms with Crippen LogP contribution in [0.3, 0.4) is 0 Å². The number of aromatic nitrogens is 1. The highest BCUT2D eigenvalue weighted by Crippen LogP contribution is 2.21. The van der Waals surface area contributed by atoms with Gasteiger partial charge >= 0.3 is 0 Å². The van der Waals surface area contributed by atoms with Crippen molar-refractivity contribution >= 4 is 23.7 Å². The molecule has 0 radical (unpaired) electrons. The van der Waals surface area contributed by atoms with E-state index in [1.54, 1.807) is 11.3 Å². The molecule has 2 unspecified atom stereocenters. The second kappa shape index (κ2) is 7.87. The van der Waals surface area contributed by atoms with Gasteiger partial charge < -0.3 is 15.7 Å². The first-order valence-electron chi connectivity index (χ1n) is 6.92.